The molecule has 3 aromatic rings. The summed E-state index contributed by atoms with van der Waals surface area (Å²) >= 11 is 5.85. The summed E-state index contributed by atoms with van der Waals surface area (Å²) in [5, 5.41) is 10.1. The molecular weight excluding hydrogens is 418 g/mol. The minimum atomic E-state index is -0.463. The summed E-state index contributed by atoms with van der Waals surface area (Å²) < 4.78 is 5.04. The fourth-order valence-corrected chi connectivity index (χ4v) is 2.90. The Labute approximate surface area is 185 Å². The van der Waals surface area contributed by atoms with E-state index in [1.54, 1.807) is 19.2 Å². The van der Waals surface area contributed by atoms with Gasteiger partial charge < -0.3 is 20.1 Å². The first kappa shape index (κ1) is 22.3. The first-order chi connectivity index (χ1) is 14.8. The molecule has 2 aromatic carbocycles. The normalized spacial score (nSPS) is 10.6. The number of urea groups is 1. The quantitative estimate of drug-likeness (QED) is 0.577. The van der Waals surface area contributed by atoms with Crippen LogP contribution < -0.4 is 10.6 Å². The number of hydrogen-bond donors (Lipinski definition) is 2. The molecule has 0 radical (unpaired) electrons. The van der Waals surface area contributed by atoms with Gasteiger partial charge in [-0.3, -0.25) is 4.79 Å². The summed E-state index contributed by atoms with van der Waals surface area (Å²) in [6.07, 6.45) is 0.352. The summed E-state index contributed by atoms with van der Waals surface area (Å²) in [5.41, 5.74) is 3.80. The number of benzene rings is 2. The molecule has 3 rings (SSSR count). The largest absolute Gasteiger partial charge is 0.344 e. The van der Waals surface area contributed by atoms with E-state index in [1.165, 1.54) is 4.90 Å². The van der Waals surface area contributed by atoms with Gasteiger partial charge >= 0.3 is 17.8 Å². The number of amides is 3. The van der Waals surface area contributed by atoms with Crippen LogP contribution in [0.3, 0.4) is 0 Å². The van der Waals surface area contributed by atoms with Crippen molar-refractivity contribution in [3.63, 3.8) is 0 Å². The predicted molar refractivity (Wildman–Crippen MR) is 118 cm³/mol. The zero-order chi connectivity index (χ0) is 22.4. The summed E-state index contributed by atoms with van der Waals surface area (Å²) in [4.78, 5) is 30.3. The van der Waals surface area contributed by atoms with Gasteiger partial charge in [0.2, 0.25) is 0 Å². The number of aromatic nitrogens is 2. The second-order valence-electron chi connectivity index (χ2n) is 7.17. The number of nitrogens with one attached hydrogen (secondary N) is 2. The summed E-state index contributed by atoms with van der Waals surface area (Å²) in [6.45, 7) is 4.63. The molecule has 0 saturated heterocycles. The molecule has 9 heteroatoms. The third-order valence-corrected chi connectivity index (χ3v) is 5.14. The van der Waals surface area contributed by atoms with E-state index in [2.05, 4.69) is 20.8 Å². The van der Waals surface area contributed by atoms with E-state index < -0.39 is 5.91 Å². The second kappa shape index (κ2) is 10.1. The highest BCUT2D eigenvalue weighted by molar-refractivity contribution is 6.30. The maximum Gasteiger partial charge on any atom is 0.321 e. The third-order valence-electron chi connectivity index (χ3n) is 4.89. The van der Waals surface area contributed by atoms with Gasteiger partial charge in [0, 0.05) is 37.3 Å². The third kappa shape index (κ3) is 6.05. The van der Waals surface area contributed by atoms with Crippen molar-refractivity contribution in [3.05, 3.63) is 75.9 Å². The number of carbonyl (C=O) groups is 2. The van der Waals surface area contributed by atoms with Crippen molar-refractivity contribution < 1.29 is 14.1 Å². The number of aryl methyl sites for hydroxylation is 1. The molecule has 31 heavy (non-hydrogen) atoms. The summed E-state index contributed by atoms with van der Waals surface area (Å²) in [7, 11) is 1.68. The minimum Gasteiger partial charge on any atom is -0.344 e. The number of carbonyl (C=O) groups excluding carboxylic acids is 2. The van der Waals surface area contributed by atoms with Crippen molar-refractivity contribution in [2.24, 2.45) is 0 Å². The zero-order valence-electron chi connectivity index (χ0n) is 17.6. The number of likely N-dealkylation sites (N-methyl/N-ethyl adjacent to an activating group) is 1. The lowest BCUT2D eigenvalue weighted by atomic mass is 10.1. The van der Waals surface area contributed by atoms with Crippen LogP contribution in [-0.2, 0) is 13.0 Å². The van der Waals surface area contributed by atoms with Crippen LogP contribution in [0.25, 0.3) is 0 Å². The van der Waals surface area contributed by atoms with Crippen molar-refractivity contribution in [3.8, 4) is 0 Å². The van der Waals surface area contributed by atoms with Gasteiger partial charge in [-0.1, -0.05) is 41.0 Å². The van der Waals surface area contributed by atoms with Crippen LogP contribution in [0.2, 0.25) is 5.02 Å². The molecule has 0 aliphatic rings. The average Bonchev–Trinajstić information content (AvgIpc) is 3.24. The van der Waals surface area contributed by atoms with Crippen LogP contribution in [0.4, 0.5) is 10.5 Å². The Morgan fingerprint density at radius 3 is 2.61 bits per heavy atom. The molecular formula is C22H24ClN5O3. The van der Waals surface area contributed by atoms with E-state index in [4.69, 9.17) is 16.1 Å². The molecule has 2 N–H and O–H groups in total. The van der Waals surface area contributed by atoms with Crippen LogP contribution in [0.5, 0.6) is 0 Å². The Bertz CT molecular complexity index is 1070. The van der Waals surface area contributed by atoms with E-state index in [-0.39, 0.29) is 11.9 Å². The van der Waals surface area contributed by atoms with Gasteiger partial charge in [-0.2, -0.15) is 4.98 Å². The van der Waals surface area contributed by atoms with E-state index in [0.29, 0.717) is 30.4 Å². The molecule has 1 aromatic heterocycles. The lowest BCUT2D eigenvalue weighted by Gasteiger charge is -2.18. The molecule has 0 aliphatic carbocycles. The van der Waals surface area contributed by atoms with E-state index in [9.17, 15) is 9.59 Å². The Kier molecular flexibility index (Phi) is 7.25. The standard InChI is InChI=1S/C22H24ClN5O3/c1-14-5-4-6-18(15(14)2)25-22(30)28(3)12-11-19-26-21(31-27-19)20(29)24-13-16-7-9-17(23)10-8-16/h4-10H,11-13H2,1-3H3,(H,24,29)(H,25,30). The highest BCUT2D eigenvalue weighted by atomic mass is 35.5. The monoisotopic (exact) mass is 441 g/mol. The van der Waals surface area contributed by atoms with Crippen molar-refractivity contribution >= 4 is 29.2 Å². The van der Waals surface area contributed by atoms with Crippen molar-refractivity contribution in [2.45, 2.75) is 26.8 Å². The van der Waals surface area contributed by atoms with Gasteiger partial charge in [0.05, 0.1) is 0 Å². The Hall–Kier alpha value is -3.39. The van der Waals surface area contributed by atoms with Crippen molar-refractivity contribution in [2.75, 3.05) is 18.9 Å². The van der Waals surface area contributed by atoms with Crippen LogP contribution in [0, 0.1) is 13.8 Å². The molecule has 3 amide bonds. The van der Waals surface area contributed by atoms with E-state index in [0.717, 1.165) is 22.4 Å². The molecule has 162 valence electrons. The van der Waals surface area contributed by atoms with Crippen molar-refractivity contribution in [1.82, 2.24) is 20.4 Å². The highest BCUT2D eigenvalue weighted by Crippen LogP contribution is 2.18. The van der Waals surface area contributed by atoms with Crippen LogP contribution in [0.15, 0.2) is 47.0 Å². The highest BCUT2D eigenvalue weighted by Gasteiger charge is 2.16. The molecule has 0 aliphatic heterocycles. The number of hydrogen-bond acceptors (Lipinski definition) is 5. The molecule has 0 atom stereocenters. The van der Waals surface area contributed by atoms with E-state index >= 15 is 0 Å². The van der Waals surface area contributed by atoms with Gasteiger partial charge in [-0.15, -0.1) is 0 Å². The van der Waals surface area contributed by atoms with Gasteiger partial charge in [0.25, 0.3) is 0 Å². The zero-order valence-corrected chi connectivity index (χ0v) is 18.4. The number of anilines is 1. The Morgan fingerprint density at radius 1 is 1.13 bits per heavy atom. The molecule has 0 saturated carbocycles. The van der Waals surface area contributed by atoms with Crippen LogP contribution in [0.1, 0.15) is 33.2 Å². The Balaban J connectivity index is 1.48. The molecule has 0 fully saturated rings. The lowest BCUT2D eigenvalue weighted by Crippen LogP contribution is -2.33. The van der Waals surface area contributed by atoms with Gasteiger partial charge in [0.15, 0.2) is 5.82 Å². The predicted octanol–water partition coefficient (Wildman–Crippen LogP) is 3.98. The number of nitrogens with zero attached hydrogens (tertiary/aromatic N) is 3. The van der Waals surface area contributed by atoms with Gasteiger partial charge in [0.1, 0.15) is 0 Å². The van der Waals surface area contributed by atoms with Crippen LogP contribution in [-0.4, -0.2) is 40.6 Å². The van der Waals surface area contributed by atoms with Gasteiger partial charge in [-0.05, 0) is 48.7 Å². The Morgan fingerprint density at radius 2 is 1.87 bits per heavy atom. The van der Waals surface area contributed by atoms with Crippen LogP contribution >= 0.6 is 11.6 Å². The van der Waals surface area contributed by atoms with E-state index in [1.807, 2.05) is 44.2 Å². The topological polar surface area (TPSA) is 100 Å². The number of rotatable bonds is 7. The lowest BCUT2D eigenvalue weighted by molar-refractivity contribution is 0.0907. The molecule has 0 bridgehead atoms. The SMILES string of the molecule is Cc1cccc(NC(=O)N(C)CCc2noc(C(=O)NCc3ccc(Cl)cc3)n2)c1C. The first-order valence-electron chi connectivity index (χ1n) is 9.77. The second-order valence-corrected chi connectivity index (χ2v) is 7.61. The maximum atomic E-state index is 12.4. The first-order valence-corrected chi connectivity index (χ1v) is 10.1. The average molecular weight is 442 g/mol. The molecule has 1 heterocycles. The number of halogens is 1. The molecule has 8 nitrogen and oxygen atoms in total. The fourth-order valence-electron chi connectivity index (χ4n) is 2.77. The smallest absolute Gasteiger partial charge is 0.321 e. The van der Waals surface area contributed by atoms with Crippen molar-refractivity contribution in [1.29, 1.82) is 0 Å². The fraction of sp³-hybridized carbons (Fsp3) is 0.273. The molecule has 0 spiro atoms. The maximum absolute atomic E-state index is 12.4. The summed E-state index contributed by atoms with van der Waals surface area (Å²) in [6, 6.07) is 12.7. The summed E-state index contributed by atoms with van der Waals surface area (Å²) in [5.74, 6) is -0.232. The van der Waals surface area contributed by atoms with Gasteiger partial charge in [-0.25, -0.2) is 4.79 Å². The molecule has 0 unspecified atom stereocenters. The minimum absolute atomic E-state index is 0.119.